The van der Waals surface area contributed by atoms with Crippen LogP contribution in [0.15, 0.2) is 24.3 Å². The second-order valence-corrected chi connectivity index (χ2v) is 8.26. The molecule has 1 fully saturated rings. The Morgan fingerprint density at radius 1 is 1.07 bits per heavy atom. The van der Waals surface area contributed by atoms with Crippen molar-refractivity contribution < 1.29 is 9.59 Å². The lowest BCUT2D eigenvalue weighted by Gasteiger charge is -2.36. The summed E-state index contributed by atoms with van der Waals surface area (Å²) in [6.07, 6.45) is 1.56. The molecule has 1 aromatic rings. The van der Waals surface area contributed by atoms with Gasteiger partial charge >= 0.3 is 0 Å². The Balaban J connectivity index is 1.79. The SMILES string of the molecule is CC(C)CCC(=O)N1CCN(CC(=O)N(C)C(C)c2ccc(Cl)cc2)CC1. The minimum Gasteiger partial charge on any atom is -0.340 e. The van der Waals surface area contributed by atoms with Crippen molar-refractivity contribution in [3.63, 3.8) is 0 Å². The van der Waals surface area contributed by atoms with Crippen LogP contribution < -0.4 is 0 Å². The van der Waals surface area contributed by atoms with Crippen molar-refractivity contribution in [2.75, 3.05) is 39.8 Å². The Morgan fingerprint density at radius 2 is 1.67 bits per heavy atom. The van der Waals surface area contributed by atoms with Gasteiger partial charge in [0.2, 0.25) is 11.8 Å². The first-order chi connectivity index (χ1) is 12.8. The summed E-state index contributed by atoms with van der Waals surface area (Å²) in [6.45, 7) is 9.61. The van der Waals surface area contributed by atoms with Crippen molar-refractivity contribution >= 4 is 23.4 Å². The molecule has 5 nitrogen and oxygen atoms in total. The van der Waals surface area contributed by atoms with Gasteiger partial charge in [0.25, 0.3) is 0 Å². The fourth-order valence-electron chi connectivity index (χ4n) is 3.21. The van der Waals surface area contributed by atoms with Gasteiger partial charge in [0.1, 0.15) is 0 Å². The molecule has 0 aliphatic carbocycles. The predicted molar refractivity (Wildman–Crippen MR) is 110 cm³/mol. The third kappa shape index (κ3) is 6.51. The normalized spacial score (nSPS) is 16.4. The van der Waals surface area contributed by atoms with Crippen molar-refractivity contribution in [2.24, 2.45) is 5.92 Å². The Morgan fingerprint density at radius 3 is 2.22 bits per heavy atom. The van der Waals surface area contributed by atoms with Crippen LogP contribution in [0, 0.1) is 5.92 Å². The maximum absolute atomic E-state index is 12.7. The van der Waals surface area contributed by atoms with Crippen molar-refractivity contribution in [1.29, 1.82) is 0 Å². The first-order valence-corrected chi connectivity index (χ1v) is 10.2. The summed E-state index contributed by atoms with van der Waals surface area (Å²) in [5, 5.41) is 0.695. The highest BCUT2D eigenvalue weighted by molar-refractivity contribution is 6.30. The zero-order valence-corrected chi connectivity index (χ0v) is 17.7. The number of benzene rings is 1. The van der Waals surface area contributed by atoms with Gasteiger partial charge in [0.15, 0.2) is 0 Å². The number of rotatable bonds is 7. The fraction of sp³-hybridized carbons (Fsp3) is 0.619. The molecular formula is C21H32ClN3O2. The fourth-order valence-corrected chi connectivity index (χ4v) is 3.34. The highest BCUT2D eigenvalue weighted by Crippen LogP contribution is 2.21. The molecule has 2 rings (SSSR count). The van der Waals surface area contributed by atoms with Crippen LogP contribution in [-0.4, -0.2) is 66.3 Å². The zero-order valence-electron chi connectivity index (χ0n) is 16.9. The highest BCUT2D eigenvalue weighted by Gasteiger charge is 2.24. The van der Waals surface area contributed by atoms with Crippen LogP contribution in [-0.2, 0) is 9.59 Å². The number of halogens is 1. The Hall–Kier alpha value is -1.59. The van der Waals surface area contributed by atoms with E-state index in [1.807, 2.05) is 43.1 Å². The molecule has 1 heterocycles. The van der Waals surface area contributed by atoms with Crippen molar-refractivity contribution in [2.45, 2.75) is 39.7 Å². The Labute approximate surface area is 168 Å². The minimum atomic E-state index is -0.00586. The summed E-state index contributed by atoms with van der Waals surface area (Å²) in [5.74, 6) is 0.881. The lowest BCUT2D eigenvalue weighted by atomic mass is 10.1. The van der Waals surface area contributed by atoms with E-state index >= 15 is 0 Å². The number of hydrogen-bond acceptors (Lipinski definition) is 3. The third-order valence-corrected chi connectivity index (χ3v) is 5.60. The van der Waals surface area contributed by atoms with Crippen LogP contribution in [0.4, 0.5) is 0 Å². The standard InChI is InChI=1S/C21H32ClN3O2/c1-16(2)5-10-20(26)25-13-11-24(12-14-25)15-21(27)23(4)17(3)18-6-8-19(22)9-7-18/h6-9,16-17H,5,10-15H2,1-4H3. The van der Waals surface area contributed by atoms with E-state index in [1.165, 1.54) is 0 Å². The van der Waals surface area contributed by atoms with Crippen LogP contribution in [0.3, 0.4) is 0 Å². The number of hydrogen-bond donors (Lipinski definition) is 0. The van der Waals surface area contributed by atoms with E-state index < -0.39 is 0 Å². The molecule has 0 N–H and O–H groups in total. The molecule has 27 heavy (non-hydrogen) atoms. The largest absolute Gasteiger partial charge is 0.340 e. The molecule has 1 aliphatic heterocycles. The number of likely N-dealkylation sites (N-methyl/N-ethyl adjacent to an activating group) is 1. The molecule has 0 bridgehead atoms. The number of piperazine rings is 1. The minimum absolute atomic E-state index is 0.00586. The number of nitrogens with zero attached hydrogens (tertiary/aromatic N) is 3. The second kappa shape index (κ2) is 10.1. The number of carbonyl (C=O) groups is 2. The number of carbonyl (C=O) groups excluding carboxylic acids is 2. The summed E-state index contributed by atoms with van der Waals surface area (Å²) in [6, 6.07) is 7.60. The average Bonchev–Trinajstić information content (AvgIpc) is 2.66. The van der Waals surface area contributed by atoms with E-state index in [0.29, 0.717) is 37.0 Å². The van der Waals surface area contributed by atoms with Gasteiger partial charge in [0.05, 0.1) is 12.6 Å². The molecule has 0 aromatic heterocycles. The van der Waals surface area contributed by atoms with Crippen LogP contribution >= 0.6 is 11.6 Å². The number of amides is 2. The zero-order chi connectivity index (χ0) is 20.0. The van der Waals surface area contributed by atoms with Crippen molar-refractivity contribution in [3.05, 3.63) is 34.9 Å². The molecule has 2 amide bonds. The summed E-state index contributed by atoms with van der Waals surface area (Å²) < 4.78 is 0. The van der Waals surface area contributed by atoms with Gasteiger partial charge in [0, 0.05) is 44.7 Å². The van der Waals surface area contributed by atoms with E-state index in [2.05, 4.69) is 18.7 Å². The van der Waals surface area contributed by atoms with Gasteiger partial charge in [-0.3, -0.25) is 14.5 Å². The topological polar surface area (TPSA) is 43.9 Å². The maximum atomic E-state index is 12.7. The molecule has 1 aliphatic rings. The monoisotopic (exact) mass is 393 g/mol. The van der Waals surface area contributed by atoms with E-state index in [0.717, 1.165) is 25.1 Å². The molecule has 150 valence electrons. The van der Waals surface area contributed by atoms with Gasteiger partial charge in [-0.15, -0.1) is 0 Å². The summed E-state index contributed by atoms with van der Waals surface area (Å²) in [7, 11) is 1.84. The molecule has 0 saturated carbocycles. The Kier molecular flexibility index (Phi) is 8.11. The maximum Gasteiger partial charge on any atom is 0.236 e. The summed E-state index contributed by atoms with van der Waals surface area (Å²) >= 11 is 5.94. The predicted octanol–water partition coefficient (Wildman–Crippen LogP) is 3.44. The lowest BCUT2D eigenvalue weighted by Crippen LogP contribution is -2.51. The van der Waals surface area contributed by atoms with E-state index in [1.54, 1.807) is 4.90 Å². The molecule has 1 aromatic carbocycles. The first-order valence-electron chi connectivity index (χ1n) is 9.79. The average molecular weight is 394 g/mol. The van der Waals surface area contributed by atoms with E-state index in [-0.39, 0.29) is 17.9 Å². The molecule has 1 atom stereocenters. The lowest BCUT2D eigenvalue weighted by molar-refractivity contribution is -0.135. The smallest absolute Gasteiger partial charge is 0.236 e. The van der Waals surface area contributed by atoms with Gasteiger partial charge < -0.3 is 9.80 Å². The van der Waals surface area contributed by atoms with Gasteiger partial charge in [-0.25, -0.2) is 0 Å². The van der Waals surface area contributed by atoms with Gasteiger partial charge in [-0.2, -0.15) is 0 Å². The van der Waals surface area contributed by atoms with Crippen LogP contribution in [0.1, 0.15) is 45.2 Å². The Bertz CT molecular complexity index is 625. The molecule has 6 heteroatoms. The van der Waals surface area contributed by atoms with Gasteiger partial charge in [-0.05, 0) is 37.0 Å². The molecular weight excluding hydrogens is 362 g/mol. The molecule has 0 spiro atoms. The summed E-state index contributed by atoms with van der Waals surface area (Å²) in [5.41, 5.74) is 1.07. The van der Waals surface area contributed by atoms with Crippen LogP contribution in [0.25, 0.3) is 0 Å². The third-order valence-electron chi connectivity index (χ3n) is 5.35. The van der Waals surface area contributed by atoms with Crippen molar-refractivity contribution in [3.8, 4) is 0 Å². The van der Waals surface area contributed by atoms with Gasteiger partial charge in [-0.1, -0.05) is 37.6 Å². The van der Waals surface area contributed by atoms with E-state index in [4.69, 9.17) is 11.6 Å². The molecule has 1 unspecified atom stereocenters. The summed E-state index contributed by atoms with van der Waals surface area (Å²) in [4.78, 5) is 30.7. The van der Waals surface area contributed by atoms with Crippen LogP contribution in [0.2, 0.25) is 5.02 Å². The molecule has 0 radical (unpaired) electrons. The first kappa shape index (κ1) is 21.7. The quantitative estimate of drug-likeness (QED) is 0.712. The highest BCUT2D eigenvalue weighted by atomic mass is 35.5. The van der Waals surface area contributed by atoms with Crippen LogP contribution in [0.5, 0.6) is 0 Å². The van der Waals surface area contributed by atoms with E-state index in [9.17, 15) is 9.59 Å². The van der Waals surface area contributed by atoms with Crippen molar-refractivity contribution in [1.82, 2.24) is 14.7 Å². The second-order valence-electron chi connectivity index (χ2n) is 7.82. The molecule has 1 saturated heterocycles.